The van der Waals surface area contributed by atoms with Gasteiger partial charge < -0.3 is 15.2 Å². The third-order valence-corrected chi connectivity index (χ3v) is 3.06. The molecular weight excluding hydrogens is 226 g/mol. The standard InChI is InChI=1S/C15H25NO2/c1-4-15(2,3)18-11-5-10-17-14-8-6-13(12-16)7-9-14/h6-9H,4-5,10-12,16H2,1-3H3. The summed E-state index contributed by atoms with van der Waals surface area (Å²) >= 11 is 0. The molecule has 0 amide bonds. The number of nitrogens with two attached hydrogens (primary N) is 1. The lowest BCUT2D eigenvalue weighted by Gasteiger charge is -2.23. The third-order valence-electron chi connectivity index (χ3n) is 3.06. The molecule has 1 rings (SSSR count). The Bertz CT molecular complexity index is 333. The molecule has 0 unspecified atom stereocenters. The molecule has 0 saturated carbocycles. The van der Waals surface area contributed by atoms with Crippen LogP contribution in [-0.4, -0.2) is 18.8 Å². The van der Waals surface area contributed by atoms with Crippen molar-refractivity contribution in [3.63, 3.8) is 0 Å². The van der Waals surface area contributed by atoms with Crippen molar-refractivity contribution in [1.29, 1.82) is 0 Å². The van der Waals surface area contributed by atoms with E-state index in [1.165, 1.54) is 0 Å². The highest BCUT2D eigenvalue weighted by atomic mass is 16.5. The number of benzene rings is 1. The Morgan fingerprint density at radius 3 is 2.33 bits per heavy atom. The molecule has 0 heterocycles. The van der Waals surface area contributed by atoms with Gasteiger partial charge in [-0.3, -0.25) is 0 Å². The van der Waals surface area contributed by atoms with E-state index < -0.39 is 0 Å². The van der Waals surface area contributed by atoms with Crippen LogP contribution in [0.25, 0.3) is 0 Å². The fourth-order valence-electron chi connectivity index (χ4n) is 1.42. The molecule has 0 aliphatic rings. The van der Waals surface area contributed by atoms with Gasteiger partial charge in [0.15, 0.2) is 0 Å². The molecule has 0 aromatic heterocycles. The fourth-order valence-corrected chi connectivity index (χ4v) is 1.42. The minimum atomic E-state index is -0.0250. The van der Waals surface area contributed by atoms with Gasteiger partial charge >= 0.3 is 0 Å². The molecule has 0 fully saturated rings. The molecule has 3 heteroatoms. The largest absolute Gasteiger partial charge is 0.494 e. The zero-order chi connectivity index (χ0) is 13.4. The highest BCUT2D eigenvalue weighted by molar-refractivity contribution is 5.26. The minimum Gasteiger partial charge on any atom is -0.494 e. The molecule has 0 aliphatic heterocycles. The minimum absolute atomic E-state index is 0.0250. The Kier molecular flexibility index (Phi) is 6.16. The first-order chi connectivity index (χ1) is 8.57. The van der Waals surface area contributed by atoms with Gasteiger partial charge in [-0.25, -0.2) is 0 Å². The summed E-state index contributed by atoms with van der Waals surface area (Å²) < 4.78 is 11.4. The first kappa shape index (κ1) is 15.0. The van der Waals surface area contributed by atoms with Gasteiger partial charge in [0.05, 0.1) is 18.8 Å². The van der Waals surface area contributed by atoms with Gasteiger partial charge in [0, 0.05) is 13.0 Å². The van der Waals surface area contributed by atoms with E-state index in [9.17, 15) is 0 Å². The maximum atomic E-state index is 5.76. The van der Waals surface area contributed by atoms with Crippen LogP contribution in [0.15, 0.2) is 24.3 Å². The van der Waals surface area contributed by atoms with Gasteiger partial charge in [0.2, 0.25) is 0 Å². The van der Waals surface area contributed by atoms with Crippen LogP contribution in [0.4, 0.5) is 0 Å². The SMILES string of the molecule is CCC(C)(C)OCCCOc1ccc(CN)cc1. The summed E-state index contributed by atoms with van der Waals surface area (Å²) in [7, 11) is 0. The van der Waals surface area contributed by atoms with Gasteiger partial charge in [-0.2, -0.15) is 0 Å². The summed E-state index contributed by atoms with van der Waals surface area (Å²) in [4.78, 5) is 0. The van der Waals surface area contributed by atoms with E-state index in [-0.39, 0.29) is 5.60 Å². The van der Waals surface area contributed by atoms with Crippen LogP contribution in [0.3, 0.4) is 0 Å². The van der Waals surface area contributed by atoms with Crippen LogP contribution in [0, 0.1) is 0 Å². The first-order valence-electron chi connectivity index (χ1n) is 6.63. The maximum Gasteiger partial charge on any atom is 0.119 e. The predicted molar refractivity (Wildman–Crippen MR) is 74.8 cm³/mol. The second-order valence-electron chi connectivity index (χ2n) is 5.01. The van der Waals surface area contributed by atoms with Crippen molar-refractivity contribution < 1.29 is 9.47 Å². The summed E-state index contributed by atoms with van der Waals surface area (Å²) in [5, 5.41) is 0. The van der Waals surface area contributed by atoms with Crippen molar-refractivity contribution in [2.75, 3.05) is 13.2 Å². The topological polar surface area (TPSA) is 44.5 Å². The molecule has 1 aromatic rings. The van der Waals surface area contributed by atoms with Crippen molar-refractivity contribution in [3.05, 3.63) is 29.8 Å². The summed E-state index contributed by atoms with van der Waals surface area (Å²) in [5.41, 5.74) is 6.63. The van der Waals surface area contributed by atoms with E-state index in [1.54, 1.807) is 0 Å². The Morgan fingerprint density at radius 2 is 1.78 bits per heavy atom. The van der Waals surface area contributed by atoms with Gasteiger partial charge in [-0.1, -0.05) is 19.1 Å². The van der Waals surface area contributed by atoms with Crippen LogP contribution in [0.2, 0.25) is 0 Å². The average Bonchev–Trinajstić information content (AvgIpc) is 2.39. The molecule has 1 aromatic carbocycles. The van der Waals surface area contributed by atoms with E-state index in [0.717, 1.165) is 30.8 Å². The van der Waals surface area contributed by atoms with Gasteiger partial charge in [0.25, 0.3) is 0 Å². The first-order valence-corrected chi connectivity index (χ1v) is 6.63. The van der Waals surface area contributed by atoms with E-state index in [1.807, 2.05) is 24.3 Å². The van der Waals surface area contributed by atoms with E-state index in [2.05, 4.69) is 20.8 Å². The molecule has 0 radical (unpaired) electrons. The number of ether oxygens (including phenoxy) is 2. The lowest BCUT2D eigenvalue weighted by atomic mass is 10.1. The second kappa shape index (κ2) is 7.39. The second-order valence-corrected chi connectivity index (χ2v) is 5.01. The predicted octanol–water partition coefficient (Wildman–Crippen LogP) is 3.12. The lowest BCUT2D eigenvalue weighted by molar-refractivity contribution is -0.0241. The molecule has 2 N–H and O–H groups in total. The van der Waals surface area contributed by atoms with Crippen LogP contribution >= 0.6 is 0 Å². The number of hydrogen-bond donors (Lipinski definition) is 1. The Morgan fingerprint density at radius 1 is 1.11 bits per heavy atom. The zero-order valence-corrected chi connectivity index (χ0v) is 11.7. The molecule has 0 bridgehead atoms. The Hall–Kier alpha value is -1.06. The smallest absolute Gasteiger partial charge is 0.119 e. The van der Waals surface area contributed by atoms with Crippen LogP contribution < -0.4 is 10.5 Å². The van der Waals surface area contributed by atoms with Gasteiger partial charge in [-0.05, 0) is 38.0 Å². The molecule has 0 spiro atoms. The van der Waals surface area contributed by atoms with E-state index in [4.69, 9.17) is 15.2 Å². The van der Waals surface area contributed by atoms with Crippen molar-refractivity contribution in [2.24, 2.45) is 5.73 Å². The van der Waals surface area contributed by atoms with Crippen molar-refractivity contribution in [2.45, 2.75) is 45.8 Å². The van der Waals surface area contributed by atoms with Crippen LogP contribution in [0.1, 0.15) is 39.2 Å². The van der Waals surface area contributed by atoms with E-state index in [0.29, 0.717) is 13.2 Å². The molecule has 0 atom stereocenters. The summed E-state index contributed by atoms with van der Waals surface area (Å²) in [6.45, 7) is 8.35. The normalized spacial score (nSPS) is 11.6. The summed E-state index contributed by atoms with van der Waals surface area (Å²) in [6.07, 6.45) is 1.93. The number of hydrogen-bond acceptors (Lipinski definition) is 3. The fraction of sp³-hybridized carbons (Fsp3) is 0.600. The van der Waals surface area contributed by atoms with Crippen LogP contribution in [0.5, 0.6) is 5.75 Å². The van der Waals surface area contributed by atoms with Crippen molar-refractivity contribution in [1.82, 2.24) is 0 Å². The van der Waals surface area contributed by atoms with Gasteiger partial charge in [0.1, 0.15) is 5.75 Å². The van der Waals surface area contributed by atoms with E-state index >= 15 is 0 Å². The Balaban J connectivity index is 2.17. The molecule has 102 valence electrons. The molecule has 3 nitrogen and oxygen atoms in total. The quantitative estimate of drug-likeness (QED) is 0.722. The highest BCUT2D eigenvalue weighted by Crippen LogP contribution is 2.14. The third kappa shape index (κ3) is 5.52. The summed E-state index contributed by atoms with van der Waals surface area (Å²) in [6, 6.07) is 7.90. The number of rotatable bonds is 8. The monoisotopic (exact) mass is 251 g/mol. The molecule has 0 aliphatic carbocycles. The van der Waals surface area contributed by atoms with Gasteiger partial charge in [-0.15, -0.1) is 0 Å². The lowest BCUT2D eigenvalue weighted by Crippen LogP contribution is -2.24. The summed E-state index contributed by atoms with van der Waals surface area (Å²) in [5.74, 6) is 0.891. The molecular formula is C15H25NO2. The molecule has 0 saturated heterocycles. The van der Waals surface area contributed by atoms with Crippen molar-refractivity contribution >= 4 is 0 Å². The van der Waals surface area contributed by atoms with Crippen LogP contribution in [-0.2, 0) is 11.3 Å². The Labute approximate surface area is 110 Å². The van der Waals surface area contributed by atoms with Crippen molar-refractivity contribution in [3.8, 4) is 5.75 Å². The zero-order valence-electron chi connectivity index (χ0n) is 11.7. The highest BCUT2D eigenvalue weighted by Gasteiger charge is 2.14. The average molecular weight is 251 g/mol. The molecule has 18 heavy (non-hydrogen) atoms. The maximum absolute atomic E-state index is 5.76.